The molecule has 1 heterocycles. The molecule has 0 atom stereocenters. The van der Waals surface area contributed by atoms with Gasteiger partial charge in [-0.05, 0) is 24.3 Å². The second-order valence-electron chi connectivity index (χ2n) is 5.48. The standard InChI is InChI=1S/C19H19N3O3/c1-4-17(23)22(2)16-11-6-5-10-15(16)19-20-18(21-25-19)13-8-7-9-14(12-13)24-3/h5-12H,4H2,1-3H3. The van der Waals surface area contributed by atoms with Gasteiger partial charge in [-0.2, -0.15) is 4.98 Å². The van der Waals surface area contributed by atoms with Crippen molar-refractivity contribution in [1.29, 1.82) is 0 Å². The number of benzene rings is 2. The van der Waals surface area contributed by atoms with Crippen LogP contribution in [0.2, 0.25) is 0 Å². The first-order valence-electron chi connectivity index (χ1n) is 7.98. The predicted molar refractivity (Wildman–Crippen MR) is 95.4 cm³/mol. The summed E-state index contributed by atoms with van der Waals surface area (Å²) >= 11 is 0. The van der Waals surface area contributed by atoms with E-state index in [1.807, 2.05) is 55.5 Å². The molecule has 0 aliphatic heterocycles. The average Bonchev–Trinajstić information content (AvgIpc) is 3.17. The molecule has 1 aromatic heterocycles. The summed E-state index contributed by atoms with van der Waals surface area (Å²) in [6.07, 6.45) is 0.420. The number of hydrogen-bond donors (Lipinski definition) is 0. The molecule has 3 rings (SSSR count). The van der Waals surface area contributed by atoms with E-state index in [0.29, 0.717) is 23.7 Å². The minimum absolute atomic E-state index is 0.0139. The molecule has 0 spiro atoms. The van der Waals surface area contributed by atoms with Crippen LogP contribution in [-0.4, -0.2) is 30.2 Å². The van der Waals surface area contributed by atoms with Crippen molar-refractivity contribution in [3.8, 4) is 28.6 Å². The molecule has 6 heteroatoms. The van der Waals surface area contributed by atoms with Crippen LogP contribution in [0.4, 0.5) is 5.69 Å². The lowest BCUT2D eigenvalue weighted by Gasteiger charge is -2.18. The number of aromatic nitrogens is 2. The maximum Gasteiger partial charge on any atom is 0.260 e. The first-order chi connectivity index (χ1) is 12.1. The van der Waals surface area contributed by atoms with E-state index < -0.39 is 0 Å². The van der Waals surface area contributed by atoms with Gasteiger partial charge in [0.25, 0.3) is 5.89 Å². The molecule has 128 valence electrons. The molecule has 0 bridgehead atoms. The Morgan fingerprint density at radius 1 is 1.20 bits per heavy atom. The number of ether oxygens (including phenoxy) is 1. The zero-order chi connectivity index (χ0) is 17.8. The summed E-state index contributed by atoms with van der Waals surface area (Å²) < 4.78 is 10.7. The lowest BCUT2D eigenvalue weighted by atomic mass is 10.1. The quantitative estimate of drug-likeness (QED) is 0.708. The Bertz CT molecular complexity index is 889. The first-order valence-corrected chi connectivity index (χ1v) is 7.98. The van der Waals surface area contributed by atoms with E-state index in [1.165, 1.54) is 0 Å². The number of methoxy groups -OCH3 is 1. The Balaban J connectivity index is 1.99. The topological polar surface area (TPSA) is 68.5 Å². The Hall–Kier alpha value is -3.15. The summed E-state index contributed by atoms with van der Waals surface area (Å²) in [4.78, 5) is 18.1. The van der Waals surface area contributed by atoms with Gasteiger partial charge in [-0.1, -0.05) is 36.3 Å². The minimum Gasteiger partial charge on any atom is -0.497 e. The first kappa shape index (κ1) is 16.7. The van der Waals surface area contributed by atoms with Crippen LogP contribution in [0.15, 0.2) is 53.1 Å². The third kappa shape index (κ3) is 3.38. The van der Waals surface area contributed by atoms with E-state index in [0.717, 1.165) is 17.0 Å². The smallest absolute Gasteiger partial charge is 0.260 e. The van der Waals surface area contributed by atoms with Gasteiger partial charge in [-0.3, -0.25) is 4.79 Å². The van der Waals surface area contributed by atoms with Crippen molar-refractivity contribution >= 4 is 11.6 Å². The van der Waals surface area contributed by atoms with Crippen LogP contribution < -0.4 is 9.64 Å². The molecule has 0 saturated heterocycles. The second kappa shape index (κ2) is 7.17. The van der Waals surface area contributed by atoms with Crippen molar-refractivity contribution in [2.75, 3.05) is 19.1 Å². The molecule has 0 aliphatic carbocycles. The minimum atomic E-state index is 0.0139. The van der Waals surface area contributed by atoms with Crippen molar-refractivity contribution < 1.29 is 14.1 Å². The highest BCUT2D eigenvalue weighted by Gasteiger charge is 2.18. The second-order valence-corrected chi connectivity index (χ2v) is 5.48. The van der Waals surface area contributed by atoms with E-state index in [1.54, 1.807) is 19.1 Å². The van der Waals surface area contributed by atoms with Crippen molar-refractivity contribution in [3.05, 3.63) is 48.5 Å². The molecule has 0 radical (unpaired) electrons. The molecule has 0 saturated carbocycles. The van der Waals surface area contributed by atoms with Crippen LogP contribution in [0.5, 0.6) is 5.75 Å². The molecule has 3 aromatic rings. The van der Waals surface area contributed by atoms with Crippen LogP contribution in [0.25, 0.3) is 22.8 Å². The summed E-state index contributed by atoms with van der Waals surface area (Å²) in [5.41, 5.74) is 2.24. The van der Waals surface area contributed by atoms with Gasteiger partial charge < -0.3 is 14.2 Å². The fraction of sp³-hybridized carbons (Fsp3) is 0.211. The van der Waals surface area contributed by atoms with Gasteiger partial charge in [0.1, 0.15) is 5.75 Å². The zero-order valence-corrected chi connectivity index (χ0v) is 14.4. The SMILES string of the molecule is CCC(=O)N(C)c1ccccc1-c1nc(-c2cccc(OC)c2)no1. The highest BCUT2D eigenvalue weighted by atomic mass is 16.5. The number of carbonyl (C=O) groups excluding carboxylic acids is 1. The maximum absolute atomic E-state index is 12.0. The number of hydrogen-bond acceptors (Lipinski definition) is 5. The normalized spacial score (nSPS) is 10.5. The molecular formula is C19H19N3O3. The van der Waals surface area contributed by atoms with Gasteiger partial charge in [0.15, 0.2) is 0 Å². The van der Waals surface area contributed by atoms with Crippen LogP contribution in [0.3, 0.4) is 0 Å². The van der Waals surface area contributed by atoms with Gasteiger partial charge in [-0.25, -0.2) is 0 Å². The number of rotatable bonds is 5. The lowest BCUT2D eigenvalue weighted by molar-refractivity contribution is -0.118. The predicted octanol–water partition coefficient (Wildman–Crippen LogP) is 3.79. The van der Waals surface area contributed by atoms with Gasteiger partial charge in [-0.15, -0.1) is 0 Å². The average molecular weight is 337 g/mol. The third-order valence-corrected chi connectivity index (χ3v) is 3.93. The van der Waals surface area contributed by atoms with Gasteiger partial charge in [0, 0.05) is 19.0 Å². The fourth-order valence-electron chi connectivity index (χ4n) is 2.53. The number of para-hydroxylation sites is 1. The van der Waals surface area contributed by atoms with Gasteiger partial charge >= 0.3 is 0 Å². The van der Waals surface area contributed by atoms with Gasteiger partial charge in [0.05, 0.1) is 18.4 Å². The Labute approximate surface area is 146 Å². The number of anilines is 1. The highest BCUT2D eigenvalue weighted by molar-refractivity contribution is 5.96. The van der Waals surface area contributed by atoms with Crippen molar-refractivity contribution in [2.45, 2.75) is 13.3 Å². The van der Waals surface area contributed by atoms with Crippen LogP contribution in [0, 0.1) is 0 Å². The molecule has 6 nitrogen and oxygen atoms in total. The van der Waals surface area contributed by atoms with Crippen molar-refractivity contribution in [3.63, 3.8) is 0 Å². The summed E-state index contributed by atoms with van der Waals surface area (Å²) in [5, 5.41) is 4.06. The lowest BCUT2D eigenvalue weighted by Crippen LogP contribution is -2.25. The molecule has 2 aromatic carbocycles. The highest BCUT2D eigenvalue weighted by Crippen LogP contribution is 2.31. The number of amides is 1. The monoisotopic (exact) mass is 337 g/mol. The molecule has 0 aliphatic rings. The fourth-order valence-corrected chi connectivity index (χ4v) is 2.53. The number of nitrogens with zero attached hydrogens (tertiary/aromatic N) is 3. The largest absolute Gasteiger partial charge is 0.497 e. The maximum atomic E-state index is 12.0. The number of carbonyl (C=O) groups is 1. The summed E-state index contributed by atoms with van der Waals surface area (Å²) in [6, 6.07) is 14.9. The van der Waals surface area contributed by atoms with Crippen LogP contribution in [-0.2, 0) is 4.79 Å². The van der Waals surface area contributed by atoms with E-state index in [-0.39, 0.29) is 5.91 Å². The van der Waals surface area contributed by atoms with E-state index >= 15 is 0 Å². The molecule has 0 N–H and O–H groups in total. The Morgan fingerprint density at radius 2 is 2.00 bits per heavy atom. The third-order valence-electron chi connectivity index (χ3n) is 3.93. The van der Waals surface area contributed by atoms with E-state index in [2.05, 4.69) is 10.1 Å². The molecule has 0 unspecified atom stereocenters. The Kier molecular flexibility index (Phi) is 4.79. The van der Waals surface area contributed by atoms with E-state index in [4.69, 9.17) is 9.26 Å². The molecule has 1 amide bonds. The van der Waals surface area contributed by atoms with Crippen molar-refractivity contribution in [2.24, 2.45) is 0 Å². The molecule has 25 heavy (non-hydrogen) atoms. The van der Waals surface area contributed by atoms with Crippen molar-refractivity contribution in [1.82, 2.24) is 10.1 Å². The van der Waals surface area contributed by atoms with E-state index in [9.17, 15) is 4.79 Å². The van der Waals surface area contributed by atoms with Gasteiger partial charge in [0.2, 0.25) is 11.7 Å². The summed E-state index contributed by atoms with van der Waals surface area (Å²) in [5.74, 6) is 1.56. The molecule has 0 fully saturated rings. The zero-order valence-electron chi connectivity index (χ0n) is 14.4. The van der Waals surface area contributed by atoms with Crippen LogP contribution >= 0.6 is 0 Å². The van der Waals surface area contributed by atoms with Crippen LogP contribution in [0.1, 0.15) is 13.3 Å². The summed E-state index contributed by atoms with van der Waals surface area (Å²) in [7, 11) is 3.35. The molecular weight excluding hydrogens is 318 g/mol. The summed E-state index contributed by atoms with van der Waals surface area (Å²) in [6.45, 7) is 1.83. The Morgan fingerprint density at radius 3 is 2.76 bits per heavy atom.